The molecule has 2 aromatic carbocycles. The number of nitrogens with zero attached hydrogens (tertiary/aromatic N) is 1. The number of hydrogen-bond donors (Lipinski definition) is 3. The third kappa shape index (κ3) is 8.22. The third-order valence-electron chi connectivity index (χ3n) is 4.24. The summed E-state index contributed by atoms with van der Waals surface area (Å²) in [6.45, 7) is 9.78. The van der Waals surface area contributed by atoms with Gasteiger partial charge in [0.15, 0.2) is 5.96 Å². The Balaban J connectivity index is 0.00000450. The lowest BCUT2D eigenvalue weighted by molar-refractivity contribution is 0.0955. The van der Waals surface area contributed by atoms with Crippen molar-refractivity contribution in [3.8, 4) is 5.75 Å². The van der Waals surface area contributed by atoms with E-state index in [9.17, 15) is 4.79 Å². The Bertz CT molecular complexity index is 853. The van der Waals surface area contributed by atoms with Crippen LogP contribution in [0.1, 0.15) is 47.8 Å². The van der Waals surface area contributed by atoms with E-state index in [-0.39, 0.29) is 36.0 Å². The van der Waals surface area contributed by atoms with Crippen LogP contribution in [0.4, 0.5) is 0 Å². The van der Waals surface area contributed by atoms with Crippen LogP contribution in [0.2, 0.25) is 0 Å². The molecule has 7 heteroatoms. The number of hydrogen-bond acceptors (Lipinski definition) is 3. The van der Waals surface area contributed by atoms with Crippen molar-refractivity contribution in [2.45, 2.75) is 46.9 Å². The monoisotopic (exact) mass is 524 g/mol. The number of nitrogens with one attached hydrogen (secondary N) is 3. The lowest BCUT2D eigenvalue weighted by Crippen LogP contribution is -2.36. The molecule has 0 aromatic heterocycles. The number of aliphatic imine (C=N–C) groups is 1. The number of rotatable bonds is 8. The van der Waals surface area contributed by atoms with Crippen molar-refractivity contribution in [1.82, 2.24) is 16.0 Å². The minimum Gasteiger partial charge on any atom is -0.491 e. The number of amides is 1. The van der Waals surface area contributed by atoms with E-state index in [0.717, 1.165) is 16.9 Å². The van der Waals surface area contributed by atoms with Gasteiger partial charge in [-0.15, -0.1) is 24.0 Å². The molecule has 0 heterocycles. The molecule has 0 unspecified atom stereocenters. The predicted octanol–water partition coefficient (Wildman–Crippen LogP) is 4.02. The lowest BCUT2D eigenvalue weighted by atomic mass is 10.1. The lowest BCUT2D eigenvalue weighted by Gasteiger charge is -2.17. The summed E-state index contributed by atoms with van der Waals surface area (Å²) >= 11 is 0. The molecular weight excluding hydrogens is 491 g/mol. The highest BCUT2D eigenvalue weighted by Gasteiger charge is 2.08. The highest BCUT2D eigenvalue weighted by molar-refractivity contribution is 14.0. The molecule has 0 radical (unpaired) electrons. The minimum atomic E-state index is -0.0612. The SMILES string of the molecule is CCNC(=O)c1cccc(CNC(=NC)NCc2ccc(C)cc2OC(C)C)c1.I. The Morgan fingerprint density at radius 1 is 1.07 bits per heavy atom. The molecule has 0 saturated heterocycles. The van der Waals surface area contributed by atoms with Crippen molar-refractivity contribution in [2.75, 3.05) is 13.6 Å². The summed E-state index contributed by atoms with van der Waals surface area (Å²) in [4.78, 5) is 16.3. The average Bonchev–Trinajstić information content (AvgIpc) is 2.69. The summed E-state index contributed by atoms with van der Waals surface area (Å²) in [6, 6.07) is 13.8. The first-order valence-electron chi connectivity index (χ1n) is 10.0. The van der Waals surface area contributed by atoms with Crippen LogP contribution >= 0.6 is 24.0 Å². The number of carbonyl (C=O) groups is 1. The first-order chi connectivity index (χ1) is 13.9. The standard InChI is InChI=1S/C23H32N4O2.HI/c1-6-25-22(28)19-9-7-8-18(13-19)14-26-23(24-5)27-15-20-11-10-17(4)12-21(20)29-16(2)3;/h7-13,16H,6,14-15H2,1-5H3,(H,25,28)(H2,24,26,27);1H. The molecule has 0 fully saturated rings. The molecule has 0 saturated carbocycles. The summed E-state index contributed by atoms with van der Waals surface area (Å²) < 4.78 is 5.94. The number of carbonyl (C=O) groups excluding carboxylic acids is 1. The second-order valence-corrected chi connectivity index (χ2v) is 7.12. The van der Waals surface area contributed by atoms with Crippen LogP contribution in [0, 0.1) is 6.92 Å². The van der Waals surface area contributed by atoms with Gasteiger partial charge in [0.2, 0.25) is 0 Å². The zero-order chi connectivity index (χ0) is 21.2. The van der Waals surface area contributed by atoms with Gasteiger partial charge in [-0.05, 0) is 57.0 Å². The van der Waals surface area contributed by atoms with Gasteiger partial charge in [-0.2, -0.15) is 0 Å². The molecule has 0 bridgehead atoms. The average molecular weight is 524 g/mol. The molecule has 2 rings (SSSR count). The van der Waals surface area contributed by atoms with E-state index in [1.165, 1.54) is 5.56 Å². The summed E-state index contributed by atoms with van der Waals surface area (Å²) in [5.41, 5.74) is 3.91. The first-order valence-corrected chi connectivity index (χ1v) is 10.0. The van der Waals surface area contributed by atoms with Gasteiger partial charge in [0.1, 0.15) is 5.75 Å². The summed E-state index contributed by atoms with van der Waals surface area (Å²) in [5, 5.41) is 9.44. The van der Waals surface area contributed by atoms with Crippen LogP contribution in [0.3, 0.4) is 0 Å². The Kier molecular flexibility index (Phi) is 11.2. The fourth-order valence-corrected chi connectivity index (χ4v) is 2.84. The molecule has 164 valence electrons. The number of ether oxygens (including phenoxy) is 1. The quantitative estimate of drug-likeness (QED) is 0.277. The number of benzene rings is 2. The van der Waals surface area contributed by atoms with Gasteiger partial charge in [0.05, 0.1) is 6.10 Å². The van der Waals surface area contributed by atoms with E-state index in [1.54, 1.807) is 7.05 Å². The van der Waals surface area contributed by atoms with Crippen molar-refractivity contribution in [2.24, 2.45) is 4.99 Å². The summed E-state index contributed by atoms with van der Waals surface area (Å²) in [7, 11) is 1.74. The molecule has 6 nitrogen and oxygen atoms in total. The third-order valence-corrected chi connectivity index (χ3v) is 4.24. The smallest absolute Gasteiger partial charge is 0.251 e. The van der Waals surface area contributed by atoms with Gasteiger partial charge in [-0.3, -0.25) is 9.79 Å². The van der Waals surface area contributed by atoms with Crippen LogP contribution in [-0.4, -0.2) is 31.6 Å². The second kappa shape index (κ2) is 13.1. The maximum atomic E-state index is 12.0. The second-order valence-electron chi connectivity index (χ2n) is 7.12. The zero-order valence-electron chi connectivity index (χ0n) is 18.4. The Morgan fingerprint density at radius 2 is 1.80 bits per heavy atom. The van der Waals surface area contributed by atoms with Crippen molar-refractivity contribution < 1.29 is 9.53 Å². The predicted molar refractivity (Wildman–Crippen MR) is 134 cm³/mol. The molecular formula is C23H33IN4O2. The van der Waals surface area contributed by atoms with Crippen molar-refractivity contribution in [1.29, 1.82) is 0 Å². The topological polar surface area (TPSA) is 74.8 Å². The molecule has 2 aromatic rings. The molecule has 1 amide bonds. The largest absolute Gasteiger partial charge is 0.491 e. The Morgan fingerprint density at radius 3 is 2.47 bits per heavy atom. The molecule has 3 N–H and O–H groups in total. The van der Waals surface area contributed by atoms with Crippen LogP contribution in [0.15, 0.2) is 47.5 Å². The van der Waals surface area contributed by atoms with Crippen molar-refractivity contribution in [3.05, 3.63) is 64.7 Å². The van der Waals surface area contributed by atoms with Gasteiger partial charge in [-0.1, -0.05) is 24.3 Å². The highest BCUT2D eigenvalue weighted by atomic mass is 127. The fraction of sp³-hybridized carbons (Fsp3) is 0.391. The van der Waals surface area contributed by atoms with E-state index in [2.05, 4.69) is 46.1 Å². The maximum Gasteiger partial charge on any atom is 0.251 e. The summed E-state index contributed by atoms with van der Waals surface area (Å²) in [5.74, 6) is 1.51. The normalized spacial score (nSPS) is 10.9. The summed E-state index contributed by atoms with van der Waals surface area (Å²) in [6.07, 6.45) is 0.116. The Hall–Kier alpha value is -2.29. The van der Waals surface area contributed by atoms with E-state index in [4.69, 9.17) is 4.74 Å². The van der Waals surface area contributed by atoms with E-state index in [1.807, 2.05) is 45.0 Å². The van der Waals surface area contributed by atoms with Crippen LogP contribution in [0.5, 0.6) is 5.75 Å². The zero-order valence-corrected chi connectivity index (χ0v) is 20.7. The van der Waals surface area contributed by atoms with Gasteiger partial charge in [0, 0.05) is 37.8 Å². The molecule has 0 aliphatic carbocycles. The number of halogens is 1. The van der Waals surface area contributed by atoms with Gasteiger partial charge in [0.25, 0.3) is 5.91 Å². The fourth-order valence-electron chi connectivity index (χ4n) is 2.84. The molecule has 0 aliphatic heterocycles. The van der Waals surface area contributed by atoms with E-state index in [0.29, 0.717) is 31.2 Å². The van der Waals surface area contributed by atoms with Crippen LogP contribution in [-0.2, 0) is 13.1 Å². The molecule has 0 spiro atoms. The van der Waals surface area contributed by atoms with E-state index < -0.39 is 0 Å². The van der Waals surface area contributed by atoms with Crippen molar-refractivity contribution >= 4 is 35.8 Å². The Labute approximate surface area is 196 Å². The number of guanidine groups is 1. The highest BCUT2D eigenvalue weighted by Crippen LogP contribution is 2.21. The first kappa shape index (κ1) is 25.7. The van der Waals surface area contributed by atoms with Crippen LogP contribution < -0.4 is 20.7 Å². The molecule has 0 aliphatic rings. The minimum absolute atomic E-state index is 0. The van der Waals surface area contributed by atoms with E-state index >= 15 is 0 Å². The van der Waals surface area contributed by atoms with Crippen molar-refractivity contribution in [3.63, 3.8) is 0 Å². The maximum absolute atomic E-state index is 12.0. The van der Waals surface area contributed by atoms with Crippen LogP contribution in [0.25, 0.3) is 0 Å². The molecule has 30 heavy (non-hydrogen) atoms. The number of aryl methyl sites for hydroxylation is 1. The van der Waals surface area contributed by atoms with Gasteiger partial charge in [-0.25, -0.2) is 0 Å². The van der Waals surface area contributed by atoms with Gasteiger partial charge >= 0.3 is 0 Å². The van der Waals surface area contributed by atoms with Gasteiger partial charge < -0.3 is 20.7 Å². The molecule has 0 atom stereocenters.